The standard InChI is InChI=1S/C11H22N2O2/c1-3-7-12-11(15)10-13(2)8-5-4-6-9-14/h3,14H,1,4-10H2,2H3,(H,12,15). The zero-order valence-corrected chi connectivity index (χ0v) is 9.54. The predicted molar refractivity (Wildman–Crippen MR) is 61.6 cm³/mol. The SMILES string of the molecule is C=CCNC(=O)CN(C)CCCCCO. The Morgan fingerprint density at radius 3 is 2.80 bits per heavy atom. The van der Waals surface area contributed by atoms with Gasteiger partial charge in [0.1, 0.15) is 0 Å². The summed E-state index contributed by atoms with van der Waals surface area (Å²) in [5, 5.41) is 11.3. The minimum Gasteiger partial charge on any atom is -0.396 e. The molecule has 0 fully saturated rings. The van der Waals surface area contributed by atoms with Crippen molar-refractivity contribution in [3.8, 4) is 0 Å². The van der Waals surface area contributed by atoms with Crippen LogP contribution >= 0.6 is 0 Å². The van der Waals surface area contributed by atoms with Crippen LogP contribution in [-0.4, -0.2) is 49.2 Å². The largest absolute Gasteiger partial charge is 0.396 e. The number of nitrogens with zero attached hydrogens (tertiary/aromatic N) is 1. The molecule has 0 saturated carbocycles. The summed E-state index contributed by atoms with van der Waals surface area (Å²) >= 11 is 0. The number of amides is 1. The van der Waals surface area contributed by atoms with Crippen LogP contribution in [-0.2, 0) is 4.79 Å². The van der Waals surface area contributed by atoms with Crippen molar-refractivity contribution >= 4 is 5.91 Å². The number of rotatable bonds is 9. The number of aliphatic hydroxyl groups is 1. The van der Waals surface area contributed by atoms with Gasteiger partial charge < -0.3 is 10.4 Å². The van der Waals surface area contributed by atoms with Gasteiger partial charge in [0.15, 0.2) is 0 Å². The highest BCUT2D eigenvalue weighted by Crippen LogP contribution is 1.96. The van der Waals surface area contributed by atoms with Crippen LogP contribution in [0.2, 0.25) is 0 Å². The van der Waals surface area contributed by atoms with Gasteiger partial charge in [0.25, 0.3) is 0 Å². The van der Waals surface area contributed by atoms with E-state index >= 15 is 0 Å². The fraction of sp³-hybridized carbons (Fsp3) is 0.727. The molecule has 0 radical (unpaired) electrons. The molecule has 0 unspecified atom stereocenters. The lowest BCUT2D eigenvalue weighted by Crippen LogP contribution is -2.35. The number of carbonyl (C=O) groups excluding carboxylic acids is 1. The molecule has 1 amide bonds. The zero-order valence-electron chi connectivity index (χ0n) is 9.54. The van der Waals surface area contributed by atoms with Crippen molar-refractivity contribution < 1.29 is 9.90 Å². The number of likely N-dealkylation sites (N-methyl/N-ethyl adjacent to an activating group) is 1. The summed E-state index contributed by atoms with van der Waals surface area (Å²) < 4.78 is 0. The fourth-order valence-electron chi connectivity index (χ4n) is 1.24. The average molecular weight is 214 g/mol. The Morgan fingerprint density at radius 1 is 1.47 bits per heavy atom. The maximum absolute atomic E-state index is 11.3. The van der Waals surface area contributed by atoms with E-state index in [1.807, 2.05) is 11.9 Å². The van der Waals surface area contributed by atoms with Crippen molar-refractivity contribution in [1.82, 2.24) is 10.2 Å². The first-order valence-corrected chi connectivity index (χ1v) is 5.37. The summed E-state index contributed by atoms with van der Waals surface area (Å²) in [4.78, 5) is 13.2. The first-order valence-electron chi connectivity index (χ1n) is 5.37. The van der Waals surface area contributed by atoms with Crippen LogP contribution in [0.15, 0.2) is 12.7 Å². The number of carbonyl (C=O) groups is 1. The van der Waals surface area contributed by atoms with E-state index < -0.39 is 0 Å². The summed E-state index contributed by atoms with van der Waals surface area (Å²) in [6, 6.07) is 0. The van der Waals surface area contributed by atoms with Crippen molar-refractivity contribution in [3.63, 3.8) is 0 Å². The van der Waals surface area contributed by atoms with Crippen LogP contribution in [0, 0.1) is 0 Å². The third-order valence-electron chi connectivity index (χ3n) is 2.06. The number of nitrogens with one attached hydrogen (secondary N) is 1. The van der Waals surface area contributed by atoms with Gasteiger partial charge >= 0.3 is 0 Å². The minimum atomic E-state index is 0.0274. The number of unbranched alkanes of at least 4 members (excludes halogenated alkanes) is 2. The summed E-state index contributed by atoms with van der Waals surface area (Å²) in [6.45, 7) is 5.62. The monoisotopic (exact) mass is 214 g/mol. The first kappa shape index (κ1) is 14.1. The van der Waals surface area contributed by atoms with Crippen molar-refractivity contribution in [3.05, 3.63) is 12.7 Å². The van der Waals surface area contributed by atoms with Gasteiger partial charge in [-0.3, -0.25) is 9.69 Å². The van der Waals surface area contributed by atoms with E-state index in [2.05, 4.69) is 11.9 Å². The second-order valence-corrected chi connectivity index (χ2v) is 3.61. The molecule has 4 heteroatoms. The number of hydrogen-bond donors (Lipinski definition) is 2. The van der Waals surface area contributed by atoms with Crippen molar-refractivity contribution in [2.75, 3.05) is 33.3 Å². The molecule has 0 aliphatic carbocycles. The zero-order chi connectivity index (χ0) is 11.5. The molecule has 0 aromatic carbocycles. The second kappa shape index (κ2) is 9.68. The third kappa shape index (κ3) is 9.43. The lowest BCUT2D eigenvalue weighted by atomic mass is 10.2. The van der Waals surface area contributed by atoms with E-state index in [1.165, 1.54) is 0 Å². The smallest absolute Gasteiger partial charge is 0.234 e. The highest BCUT2D eigenvalue weighted by atomic mass is 16.2. The molecule has 0 aliphatic rings. The van der Waals surface area contributed by atoms with Crippen molar-refractivity contribution in [2.24, 2.45) is 0 Å². The van der Waals surface area contributed by atoms with Gasteiger partial charge in [-0.15, -0.1) is 6.58 Å². The molecule has 0 atom stereocenters. The molecular weight excluding hydrogens is 192 g/mol. The maximum Gasteiger partial charge on any atom is 0.234 e. The van der Waals surface area contributed by atoms with E-state index in [9.17, 15) is 4.79 Å². The number of aliphatic hydroxyl groups excluding tert-OH is 1. The Hall–Kier alpha value is -0.870. The molecule has 0 spiro atoms. The van der Waals surface area contributed by atoms with Gasteiger partial charge in [-0.05, 0) is 32.9 Å². The topological polar surface area (TPSA) is 52.6 Å². The highest BCUT2D eigenvalue weighted by molar-refractivity contribution is 5.78. The summed E-state index contributed by atoms with van der Waals surface area (Å²) in [6.07, 6.45) is 4.54. The van der Waals surface area contributed by atoms with Gasteiger partial charge in [0, 0.05) is 13.2 Å². The third-order valence-corrected chi connectivity index (χ3v) is 2.06. The first-order chi connectivity index (χ1) is 7.20. The number of hydrogen-bond acceptors (Lipinski definition) is 3. The van der Waals surface area contributed by atoms with Crippen LogP contribution in [0.3, 0.4) is 0 Å². The molecule has 0 aliphatic heterocycles. The van der Waals surface area contributed by atoms with E-state index in [0.29, 0.717) is 13.1 Å². The normalized spacial score (nSPS) is 10.3. The average Bonchev–Trinajstić information content (AvgIpc) is 2.21. The molecule has 0 bridgehead atoms. The van der Waals surface area contributed by atoms with E-state index in [1.54, 1.807) is 6.08 Å². The Kier molecular flexibility index (Phi) is 9.11. The Balaban J connectivity index is 3.42. The van der Waals surface area contributed by atoms with E-state index in [0.717, 1.165) is 25.8 Å². The molecule has 0 rings (SSSR count). The lowest BCUT2D eigenvalue weighted by molar-refractivity contribution is -0.121. The Bertz CT molecular complexity index is 183. The van der Waals surface area contributed by atoms with Gasteiger partial charge in [-0.25, -0.2) is 0 Å². The molecule has 0 heterocycles. The van der Waals surface area contributed by atoms with Gasteiger partial charge in [0.05, 0.1) is 6.54 Å². The summed E-state index contributed by atoms with van der Waals surface area (Å²) in [7, 11) is 1.92. The van der Waals surface area contributed by atoms with Gasteiger partial charge in [-0.2, -0.15) is 0 Å². The molecule has 88 valence electrons. The molecule has 2 N–H and O–H groups in total. The van der Waals surface area contributed by atoms with Crippen LogP contribution < -0.4 is 5.32 Å². The van der Waals surface area contributed by atoms with Gasteiger partial charge in [-0.1, -0.05) is 6.08 Å². The van der Waals surface area contributed by atoms with Crippen molar-refractivity contribution in [1.29, 1.82) is 0 Å². The highest BCUT2D eigenvalue weighted by Gasteiger charge is 2.04. The van der Waals surface area contributed by atoms with Crippen LogP contribution in [0.1, 0.15) is 19.3 Å². The van der Waals surface area contributed by atoms with Crippen LogP contribution in [0.4, 0.5) is 0 Å². The van der Waals surface area contributed by atoms with Crippen LogP contribution in [0.5, 0.6) is 0 Å². The molecule has 4 nitrogen and oxygen atoms in total. The molecule has 0 aromatic heterocycles. The molecule has 0 aromatic rings. The molecular formula is C11H22N2O2. The second-order valence-electron chi connectivity index (χ2n) is 3.61. The van der Waals surface area contributed by atoms with Gasteiger partial charge in [0.2, 0.25) is 5.91 Å². The predicted octanol–water partition coefficient (Wildman–Crippen LogP) is 0.383. The van der Waals surface area contributed by atoms with E-state index in [4.69, 9.17) is 5.11 Å². The fourth-order valence-corrected chi connectivity index (χ4v) is 1.24. The quantitative estimate of drug-likeness (QED) is 0.431. The lowest BCUT2D eigenvalue weighted by Gasteiger charge is -2.15. The summed E-state index contributed by atoms with van der Waals surface area (Å²) in [5.41, 5.74) is 0. The van der Waals surface area contributed by atoms with Crippen LogP contribution in [0.25, 0.3) is 0 Å². The Labute approximate surface area is 92.0 Å². The van der Waals surface area contributed by atoms with E-state index in [-0.39, 0.29) is 12.5 Å². The Morgan fingerprint density at radius 2 is 2.20 bits per heavy atom. The molecule has 0 saturated heterocycles. The maximum atomic E-state index is 11.3. The minimum absolute atomic E-state index is 0.0274. The summed E-state index contributed by atoms with van der Waals surface area (Å²) in [5.74, 6) is 0.0274. The molecule has 15 heavy (non-hydrogen) atoms. The van der Waals surface area contributed by atoms with Crippen molar-refractivity contribution in [2.45, 2.75) is 19.3 Å².